The highest BCUT2D eigenvalue weighted by Gasteiger charge is 2.43. The molecule has 0 aromatic heterocycles. The number of hydrogen-bond donors (Lipinski definition) is 0. The van der Waals surface area contributed by atoms with Crippen molar-refractivity contribution < 1.29 is 29.0 Å². The van der Waals surface area contributed by atoms with Crippen LogP contribution in [0.2, 0.25) is 0 Å². The van der Waals surface area contributed by atoms with Gasteiger partial charge in [0.2, 0.25) is 0 Å². The van der Waals surface area contributed by atoms with Gasteiger partial charge in [0, 0.05) is 35.6 Å². The fourth-order valence-corrected chi connectivity index (χ4v) is 5.02. The lowest BCUT2D eigenvalue weighted by Crippen LogP contribution is -2.22. The van der Waals surface area contributed by atoms with Crippen LogP contribution < -0.4 is 4.74 Å². The Morgan fingerprint density at radius 2 is 1.69 bits per heavy atom. The molecule has 1 fully saturated rings. The number of nitrogens with zero attached hydrogens (tertiary/aromatic N) is 2. The van der Waals surface area contributed by atoms with Crippen molar-refractivity contribution in [3.8, 4) is 5.75 Å². The largest absolute Gasteiger partial charge is 0.422 e. The van der Waals surface area contributed by atoms with Crippen molar-refractivity contribution in [2.75, 3.05) is 0 Å². The van der Waals surface area contributed by atoms with Gasteiger partial charge in [-0.05, 0) is 38.2 Å². The molecule has 0 radical (unpaired) electrons. The Hall–Kier alpha value is -4.21. The molecule has 0 spiro atoms. The first-order chi connectivity index (χ1) is 16.7. The van der Waals surface area contributed by atoms with Gasteiger partial charge in [0.05, 0.1) is 21.5 Å². The lowest BCUT2D eigenvalue weighted by Gasteiger charge is -2.25. The van der Waals surface area contributed by atoms with Crippen LogP contribution in [-0.2, 0) is 9.59 Å². The summed E-state index contributed by atoms with van der Waals surface area (Å²) < 4.78 is 5.52. The smallest absolute Gasteiger partial charge is 0.344 e. The zero-order chi connectivity index (χ0) is 25.3. The van der Waals surface area contributed by atoms with Crippen LogP contribution in [0.1, 0.15) is 54.9 Å². The van der Waals surface area contributed by atoms with Crippen molar-refractivity contribution >= 4 is 34.5 Å². The predicted molar refractivity (Wildman–Crippen MR) is 124 cm³/mol. The van der Waals surface area contributed by atoms with Crippen LogP contribution in [0.15, 0.2) is 48.0 Å². The van der Waals surface area contributed by atoms with Crippen molar-refractivity contribution in [3.63, 3.8) is 0 Å². The van der Waals surface area contributed by atoms with Gasteiger partial charge in [0.25, 0.3) is 11.4 Å². The minimum absolute atomic E-state index is 0.0293. The number of carbonyl (C=O) groups is 3. The molecule has 35 heavy (non-hydrogen) atoms. The van der Waals surface area contributed by atoms with Crippen LogP contribution in [0.3, 0.4) is 0 Å². The highest BCUT2D eigenvalue weighted by atomic mass is 16.6. The number of nitro benzene ring substituents is 2. The standard InChI is InChI=1S/C25H22N2O8/c1-14(28)10-21-18-6-2-3-7-19(18)23(24(21)29)20-8-4-5-9-22(20)35-25(30)15-11-16(26(31)32)13-17(12-15)27(33)34/h4-5,8-9,11-13,18,21H,2-3,6-7,10H2,1H3/t18-,21+/m0/s1. The second-order valence-corrected chi connectivity index (χ2v) is 8.77. The van der Waals surface area contributed by atoms with Gasteiger partial charge in [-0.3, -0.25) is 25.0 Å². The van der Waals surface area contributed by atoms with Crippen molar-refractivity contribution in [1.29, 1.82) is 0 Å². The molecule has 1 saturated carbocycles. The van der Waals surface area contributed by atoms with Crippen LogP contribution in [0.25, 0.3) is 5.57 Å². The molecule has 180 valence electrons. The van der Waals surface area contributed by atoms with Gasteiger partial charge >= 0.3 is 5.97 Å². The average molecular weight is 478 g/mol. The van der Waals surface area contributed by atoms with E-state index < -0.39 is 33.1 Å². The van der Waals surface area contributed by atoms with Crippen molar-refractivity contribution in [3.05, 3.63) is 79.4 Å². The molecule has 0 heterocycles. The molecule has 4 rings (SSSR count). The molecule has 2 aliphatic rings. The highest BCUT2D eigenvalue weighted by molar-refractivity contribution is 6.26. The van der Waals surface area contributed by atoms with E-state index in [0.717, 1.165) is 43.0 Å². The second-order valence-electron chi connectivity index (χ2n) is 8.77. The zero-order valence-electron chi connectivity index (χ0n) is 18.9. The molecule has 2 aromatic carbocycles. The third-order valence-corrected chi connectivity index (χ3v) is 6.48. The number of allylic oxidation sites excluding steroid dienone is 2. The van der Waals surface area contributed by atoms with Crippen LogP contribution in [0.5, 0.6) is 5.75 Å². The molecule has 2 aliphatic carbocycles. The molecular weight excluding hydrogens is 456 g/mol. The summed E-state index contributed by atoms with van der Waals surface area (Å²) in [4.78, 5) is 58.9. The molecule has 0 N–H and O–H groups in total. The average Bonchev–Trinajstić information content (AvgIpc) is 3.09. The number of non-ortho nitro benzene ring substituents is 2. The number of rotatable bonds is 7. The number of esters is 1. The summed E-state index contributed by atoms with van der Waals surface area (Å²) in [5.74, 6) is -1.66. The minimum atomic E-state index is -1.03. The van der Waals surface area contributed by atoms with Gasteiger partial charge in [-0.25, -0.2) is 4.79 Å². The van der Waals surface area contributed by atoms with E-state index >= 15 is 0 Å². The Bertz CT molecular complexity index is 1260. The van der Waals surface area contributed by atoms with Crippen molar-refractivity contribution in [2.24, 2.45) is 11.8 Å². The normalized spacial score (nSPS) is 19.3. The Kier molecular flexibility index (Phi) is 6.54. The Balaban J connectivity index is 1.72. The predicted octanol–water partition coefficient (Wildman–Crippen LogP) is 4.84. The summed E-state index contributed by atoms with van der Waals surface area (Å²) in [7, 11) is 0. The van der Waals surface area contributed by atoms with Gasteiger partial charge in [-0.1, -0.05) is 30.2 Å². The first-order valence-corrected chi connectivity index (χ1v) is 11.2. The number of hydrogen-bond acceptors (Lipinski definition) is 8. The summed E-state index contributed by atoms with van der Waals surface area (Å²) in [6.45, 7) is 1.46. The van der Waals surface area contributed by atoms with E-state index in [1.54, 1.807) is 18.2 Å². The third kappa shape index (κ3) is 4.72. The van der Waals surface area contributed by atoms with E-state index in [1.165, 1.54) is 13.0 Å². The van der Waals surface area contributed by atoms with E-state index in [2.05, 4.69) is 0 Å². The summed E-state index contributed by atoms with van der Waals surface area (Å²) in [5, 5.41) is 22.4. The van der Waals surface area contributed by atoms with E-state index in [-0.39, 0.29) is 35.2 Å². The molecule has 0 amide bonds. The quantitative estimate of drug-likeness (QED) is 0.238. The third-order valence-electron chi connectivity index (χ3n) is 6.48. The van der Waals surface area contributed by atoms with Gasteiger partial charge in [0.1, 0.15) is 11.5 Å². The Morgan fingerprint density at radius 1 is 1.03 bits per heavy atom. The summed E-state index contributed by atoms with van der Waals surface area (Å²) >= 11 is 0. The first-order valence-electron chi connectivity index (χ1n) is 11.2. The number of para-hydroxylation sites is 1. The Morgan fingerprint density at radius 3 is 2.31 bits per heavy atom. The molecule has 10 heteroatoms. The number of carbonyl (C=O) groups excluding carboxylic acids is 3. The fraction of sp³-hybridized carbons (Fsp3) is 0.320. The zero-order valence-corrected chi connectivity index (χ0v) is 18.9. The lowest BCUT2D eigenvalue weighted by molar-refractivity contribution is -0.394. The topological polar surface area (TPSA) is 147 Å². The number of benzene rings is 2. The van der Waals surface area contributed by atoms with Gasteiger partial charge in [-0.15, -0.1) is 0 Å². The fourth-order valence-electron chi connectivity index (χ4n) is 5.02. The van der Waals surface area contributed by atoms with Gasteiger partial charge < -0.3 is 9.53 Å². The molecule has 2 aromatic rings. The molecular formula is C25H22N2O8. The molecule has 0 aliphatic heterocycles. The Labute approximate surface area is 199 Å². The van der Waals surface area contributed by atoms with Crippen LogP contribution >= 0.6 is 0 Å². The van der Waals surface area contributed by atoms with E-state index in [1.807, 2.05) is 0 Å². The second kappa shape index (κ2) is 9.57. The number of fused-ring (bicyclic) bond motifs is 1. The minimum Gasteiger partial charge on any atom is -0.422 e. The van der Waals surface area contributed by atoms with Crippen LogP contribution in [0, 0.1) is 32.1 Å². The number of ketones is 2. The van der Waals surface area contributed by atoms with Gasteiger partial charge in [0.15, 0.2) is 5.78 Å². The number of ether oxygens (including phenoxy) is 1. The summed E-state index contributed by atoms with van der Waals surface area (Å²) in [6, 6.07) is 9.02. The van der Waals surface area contributed by atoms with E-state index in [4.69, 9.17) is 4.74 Å². The maximum absolute atomic E-state index is 13.5. The molecule has 10 nitrogen and oxygen atoms in total. The monoisotopic (exact) mass is 478 g/mol. The van der Waals surface area contributed by atoms with Gasteiger partial charge in [-0.2, -0.15) is 0 Å². The highest BCUT2D eigenvalue weighted by Crippen LogP contribution is 2.49. The summed E-state index contributed by atoms with van der Waals surface area (Å²) in [5.41, 5.74) is 0.219. The lowest BCUT2D eigenvalue weighted by atomic mass is 9.78. The van der Waals surface area contributed by atoms with E-state index in [0.29, 0.717) is 17.6 Å². The maximum atomic E-state index is 13.5. The molecule has 0 bridgehead atoms. The van der Waals surface area contributed by atoms with E-state index in [9.17, 15) is 34.6 Å². The van der Waals surface area contributed by atoms with Crippen LogP contribution in [-0.4, -0.2) is 27.4 Å². The van der Waals surface area contributed by atoms with Crippen LogP contribution in [0.4, 0.5) is 11.4 Å². The number of nitro groups is 2. The molecule has 0 unspecified atom stereocenters. The molecule has 0 saturated heterocycles. The SMILES string of the molecule is CC(=O)C[C@H]1C(=O)C(c2ccccc2OC(=O)c2cc([N+](=O)[O-])cc([N+](=O)[O-])c2)=C2CCCC[C@@H]21. The first kappa shape index (κ1) is 23.9. The van der Waals surface area contributed by atoms with Crippen molar-refractivity contribution in [1.82, 2.24) is 0 Å². The molecule has 2 atom stereocenters. The maximum Gasteiger partial charge on any atom is 0.344 e. The van der Waals surface area contributed by atoms with Crippen molar-refractivity contribution in [2.45, 2.75) is 39.0 Å². The summed E-state index contributed by atoms with van der Waals surface area (Å²) in [6.07, 6.45) is 3.54. The number of Topliss-reactive ketones (excluding diaryl/α,β-unsaturated/α-hetero) is 2.